The summed E-state index contributed by atoms with van der Waals surface area (Å²) in [6.07, 6.45) is -15.2. The van der Waals surface area contributed by atoms with E-state index in [9.17, 15) is 66.6 Å². The summed E-state index contributed by atoms with van der Waals surface area (Å²) < 4.78 is 203. The van der Waals surface area contributed by atoms with Crippen molar-refractivity contribution in [2.45, 2.75) is 160 Å². The van der Waals surface area contributed by atoms with Crippen molar-refractivity contribution >= 4 is 63.2 Å². The van der Waals surface area contributed by atoms with Gasteiger partial charge in [-0.25, -0.2) is 47.4 Å². The van der Waals surface area contributed by atoms with E-state index in [0.29, 0.717) is 95.8 Å². The average Bonchev–Trinajstić information content (AvgIpc) is 1.55. The van der Waals surface area contributed by atoms with Gasteiger partial charge in [0.15, 0.2) is 0 Å². The van der Waals surface area contributed by atoms with E-state index in [1.165, 1.54) is 63.5 Å². The van der Waals surface area contributed by atoms with E-state index < -0.39 is 201 Å². The van der Waals surface area contributed by atoms with Crippen LogP contribution in [-0.2, 0) is 76.9 Å². The molecule has 3 unspecified atom stereocenters. The number of carboxylic acid groups (broad SMARTS) is 1. The molecule has 5 heterocycles. The molecule has 10 N–H and O–H groups in total. The number of carbonyl (C=O) groups excluding carboxylic acids is 6. The molecule has 3 saturated heterocycles. The number of esters is 1. The number of aromatic nitrogens is 4. The van der Waals surface area contributed by atoms with Crippen LogP contribution in [0.15, 0.2) is 73.2 Å². The van der Waals surface area contributed by atoms with Crippen LogP contribution in [0.4, 0.5) is 59.4 Å². The van der Waals surface area contributed by atoms with Crippen molar-refractivity contribution in [1.82, 2.24) is 56.4 Å². The SMILES string of the molecule is COC(=O)N[C@H](C(=O)N[C@@H](Cc1ccc(C#Cc2cnc(N3CC4CCC(C3)N4C3COC3)nc2)cc1)[C@H](CN(Cc1c(F)cc(-c2ccn(C(F)F)n2)cc1F)NC(=O)[C@@H](NC(=O)OC)C(C)(C)C(F)(F)F)OC(=O)CC(C)(C)c1c(CC(=O)NC(CP(=O)(O)O)C(=O)O)cc(C)cc1OP(=O)(O)O)C(C)(C)C(F)(F)F. The van der Waals surface area contributed by atoms with Crippen LogP contribution in [0.3, 0.4) is 0 Å². The molecule has 612 valence electrons. The first-order valence-corrected chi connectivity index (χ1v) is 37.5. The Morgan fingerprint density at radius 3 is 1.79 bits per heavy atom. The summed E-state index contributed by atoms with van der Waals surface area (Å²) in [6.45, 7) is 2.11. The minimum atomic E-state index is -5.69. The number of ether oxygens (including phenoxy) is 4. The molecule has 5 aromatic rings. The zero-order chi connectivity index (χ0) is 83.1. The lowest BCUT2D eigenvalue weighted by atomic mass is 9.77. The second kappa shape index (κ2) is 35.3. The van der Waals surface area contributed by atoms with E-state index in [4.69, 9.17) is 14.0 Å². The maximum atomic E-state index is 16.9. The largest absolute Gasteiger partial charge is 0.524 e. The Morgan fingerprint density at radius 1 is 0.741 bits per heavy atom. The third kappa shape index (κ3) is 22.4. The van der Waals surface area contributed by atoms with Crippen LogP contribution >= 0.6 is 15.4 Å². The summed E-state index contributed by atoms with van der Waals surface area (Å²) >= 11 is 0. The number of fused-ring (bicyclic) bond motifs is 2. The monoisotopic (exact) mass is 1630 g/mol. The first kappa shape index (κ1) is 88.1. The molecule has 112 heavy (non-hydrogen) atoms. The molecule has 0 radical (unpaired) electrons. The van der Waals surface area contributed by atoms with Crippen LogP contribution in [0.5, 0.6) is 5.75 Å². The molecular weight excluding hydrogens is 1550 g/mol. The predicted molar refractivity (Wildman–Crippen MR) is 373 cm³/mol. The van der Waals surface area contributed by atoms with E-state index in [-0.39, 0.29) is 39.0 Å². The molecule has 2 aromatic heterocycles. The Morgan fingerprint density at radius 2 is 1.29 bits per heavy atom. The van der Waals surface area contributed by atoms with Crippen LogP contribution < -0.4 is 36.1 Å². The van der Waals surface area contributed by atoms with Gasteiger partial charge in [-0.1, -0.05) is 43.9 Å². The number of methoxy groups -OCH3 is 2. The highest BCUT2D eigenvalue weighted by molar-refractivity contribution is 7.51. The maximum absolute atomic E-state index is 16.9. The summed E-state index contributed by atoms with van der Waals surface area (Å²) in [5.74, 6) is -6.09. The molecule has 7 atom stereocenters. The number of benzene rings is 3. The number of hydrazine groups is 1. The number of alkyl halides is 8. The van der Waals surface area contributed by atoms with Crippen molar-refractivity contribution in [2.75, 3.05) is 58.1 Å². The third-order valence-electron chi connectivity index (χ3n) is 19.1. The van der Waals surface area contributed by atoms with Crippen LogP contribution in [0.2, 0.25) is 0 Å². The standard InChI is InChI=1S/C69H82F10N12O19P2/c1-36-20-41(25-53(92)82-50(60(96)97)35-111(100,101)102)55(51(21-36)110-112(103,104)105)65(2,3)26-54(93)109-52(32-89(87-59(95)57(85-64(99)107-9)67(6,7)69(77,78)79)31-45-46(70)23-40(24-47(45)71)48-18-19-90(86-48)61(72)73)49(83-58(94)56(84-63(98)106-8)66(4,5)68(74,75)76)22-38-13-10-37(11-14-38)12-15-39-27-80-62(81-28-39)88-29-42-16-17-43(30-88)91(42)44-33-108-34-44/h10-11,13-14,18-21,23-24,27-28,42-44,49-50,52,56-57,61H,16-17,22,25-26,29-35H2,1-9H3,(H,82,92)(H,83,94)(H,84,98)(H,85,99)(H,87,95)(H,96,97)(H2,100,101,102)(H2,103,104,105)/t42?,43?,49-,50?,52-,56+,57+/m0/s1. The first-order chi connectivity index (χ1) is 52.0. The molecule has 0 aliphatic carbocycles. The molecule has 0 spiro atoms. The van der Waals surface area contributed by atoms with Crippen molar-refractivity contribution in [2.24, 2.45) is 10.8 Å². The van der Waals surface area contributed by atoms with E-state index in [1.807, 2.05) is 16.1 Å². The van der Waals surface area contributed by atoms with Gasteiger partial charge in [-0.15, -0.1) is 0 Å². The number of amides is 5. The van der Waals surface area contributed by atoms with Gasteiger partial charge >= 0.3 is 58.4 Å². The Bertz CT molecular complexity index is 4420. The summed E-state index contributed by atoms with van der Waals surface area (Å²) in [4.78, 5) is 150. The Kier molecular flexibility index (Phi) is 27.7. The van der Waals surface area contributed by atoms with E-state index in [0.717, 1.165) is 38.3 Å². The number of carboxylic acids is 1. The number of carbonyl (C=O) groups is 7. The molecule has 43 heteroatoms. The van der Waals surface area contributed by atoms with Crippen molar-refractivity contribution < 1.29 is 135 Å². The molecule has 8 rings (SSSR count). The first-order valence-electron chi connectivity index (χ1n) is 34.2. The summed E-state index contributed by atoms with van der Waals surface area (Å²) in [5.41, 5.74) is -8.84. The molecule has 0 saturated carbocycles. The number of hydrogen-bond acceptors (Lipinski definition) is 20. The van der Waals surface area contributed by atoms with E-state index in [2.05, 4.69) is 51.5 Å². The normalized spacial score (nSPS) is 17.2. The highest BCUT2D eigenvalue weighted by Crippen LogP contribution is 2.47. The fourth-order valence-electron chi connectivity index (χ4n) is 13.1. The smallest absolute Gasteiger partial charge is 0.480 e. The Balaban J connectivity index is 1.28. The van der Waals surface area contributed by atoms with Gasteiger partial charge in [0.05, 0.1) is 87.2 Å². The molecule has 3 aliphatic heterocycles. The number of nitrogens with one attached hydrogen (secondary N) is 5. The van der Waals surface area contributed by atoms with Gasteiger partial charge in [0.25, 0.3) is 5.91 Å². The van der Waals surface area contributed by atoms with Crippen molar-refractivity contribution in [3.63, 3.8) is 0 Å². The second-order valence-corrected chi connectivity index (χ2v) is 31.6. The highest BCUT2D eigenvalue weighted by atomic mass is 31.2. The number of halogens is 10. The third-order valence-corrected chi connectivity index (χ3v) is 20.4. The van der Waals surface area contributed by atoms with Gasteiger partial charge in [0.2, 0.25) is 17.8 Å². The molecule has 3 aromatic carbocycles. The number of hydrogen-bond donors (Lipinski definition) is 10. The zero-order valence-electron chi connectivity index (χ0n) is 61.4. The Hall–Kier alpha value is -9.52. The number of piperazine rings is 1. The minimum absolute atomic E-state index is 0.0379. The average molecular weight is 1640 g/mol. The van der Waals surface area contributed by atoms with Crippen LogP contribution in [0.1, 0.15) is 106 Å². The van der Waals surface area contributed by atoms with Crippen LogP contribution in [0.25, 0.3) is 11.3 Å². The van der Waals surface area contributed by atoms with Crippen molar-refractivity contribution in [1.29, 1.82) is 0 Å². The van der Waals surface area contributed by atoms with Gasteiger partial charge < -0.3 is 64.5 Å². The number of phosphoric ester groups is 1. The Labute approximate surface area is 633 Å². The summed E-state index contributed by atoms with van der Waals surface area (Å²) in [7, 11) is -9.44. The predicted octanol–water partition coefficient (Wildman–Crippen LogP) is 7.00. The van der Waals surface area contributed by atoms with Crippen LogP contribution in [-0.4, -0.2) is 210 Å². The second-order valence-electron chi connectivity index (χ2n) is 28.7. The fraction of sp³-hybridized carbons (Fsp3) is 0.507. The quantitative estimate of drug-likeness (QED) is 0.00533. The molecule has 2 bridgehead atoms. The lowest BCUT2D eigenvalue weighted by molar-refractivity contribution is -0.221. The topological polar surface area (TPSA) is 414 Å². The van der Waals surface area contributed by atoms with Crippen molar-refractivity contribution in [3.05, 3.63) is 124 Å². The molecular formula is C69H82F10N12O19P2. The van der Waals surface area contributed by atoms with Gasteiger partial charge in [-0.3, -0.25) is 43.9 Å². The molecule has 3 fully saturated rings. The number of nitrogens with zero attached hydrogens (tertiary/aromatic N) is 7. The van der Waals surface area contributed by atoms with Gasteiger partial charge in [-0.05, 0) is 107 Å². The highest BCUT2D eigenvalue weighted by Gasteiger charge is 2.58. The van der Waals surface area contributed by atoms with Crippen molar-refractivity contribution in [3.8, 4) is 28.8 Å². The lowest BCUT2D eigenvalue weighted by Crippen LogP contribution is -2.64. The maximum Gasteiger partial charge on any atom is 0.524 e. The van der Waals surface area contributed by atoms with Gasteiger partial charge in [0, 0.05) is 78.0 Å². The minimum Gasteiger partial charge on any atom is -0.480 e. The van der Waals surface area contributed by atoms with Gasteiger partial charge in [0.1, 0.15) is 41.6 Å². The number of alkyl carbamates (subject to hydrolysis) is 2. The summed E-state index contributed by atoms with van der Waals surface area (Å²) in [6, 6.07) is 0.722. The van der Waals surface area contributed by atoms with E-state index >= 15 is 44.7 Å². The number of anilines is 1. The number of aliphatic carboxylic acids is 1. The van der Waals surface area contributed by atoms with E-state index in [1.54, 1.807) is 5.32 Å². The number of phosphoric acid groups is 1. The zero-order valence-corrected chi connectivity index (χ0v) is 63.2. The lowest BCUT2D eigenvalue weighted by Gasteiger charge is -2.47. The number of rotatable bonds is 31. The van der Waals surface area contributed by atoms with Gasteiger partial charge in [-0.2, -0.15) is 40.2 Å². The summed E-state index contributed by atoms with van der Waals surface area (Å²) in [5, 5.41) is 21.6. The molecule has 31 nitrogen and oxygen atoms in total. The molecule has 5 amide bonds. The van der Waals surface area contributed by atoms with Crippen LogP contribution in [0, 0.1) is 41.2 Å². The fourth-order valence-corrected chi connectivity index (χ4v) is 14.2. The number of aryl methyl sites for hydroxylation is 1. The molecule has 3 aliphatic rings.